The Labute approximate surface area is 271 Å². The van der Waals surface area contributed by atoms with Gasteiger partial charge in [-0.1, -0.05) is 85.8 Å². The second-order valence-electron chi connectivity index (χ2n) is 10.9. The van der Waals surface area contributed by atoms with Crippen molar-refractivity contribution in [2.45, 2.75) is 75.1 Å². The first-order chi connectivity index (χ1) is 21.3. The molecule has 0 spiro atoms. The lowest BCUT2D eigenvalue weighted by Crippen LogP contribution is -2.54. The fourth-order valence-electron chi connectivity index (χ4n) is 5.41. The maximum Gasteiger partial charge on any atom is 0.417 e. The average molecular weight is 685 g/mol. The second-order valence-corrected chi connectivity index (χ2v) is 13.5. The van der Waals surface area contributed by atoms with Crippen LogP contribution in [0.25, 0.3) is 0 Å². The standard InChI is InChI=1S/C32H34Cl2F3N3O4S/c1-2-29(31(42)38-23-12-5-3-6-13-23)39(20-22-11-9-10-16-27(22)33)30(41)21-40(45(43,44)25-14-7-4-8-15-25)24-17-18-28(34)26(19-24)32(35,36)37/h4,7-11,14-19,23,29H,2-3,5-6,12-13,20-21H2,1H3,(H,38,42). The van der Waals surface area contributed by atoms with Crippen LogP contribution in [0, 0.1) is 0 Å². The van der Waals surface area contributed by atoms with Crippen LogP contribution in [0.3, 0.4) is 0 Å². The van der Waals surface area contributed by atoms with E-state index in [1.54, 1.807) is 37.3 Å². The minimum Gasteiger partial charge on any atom is -0.352 e. The van der Waals surface area contributed by atoms with E-state index in [4.69, 9.17) is 23.2 Å². The Kier molecular flexibility index (Phi) is 11.4. The van der Waals surface area contributed by atoms with Gasteiger partial charge in [0.2, 0.25) is 11.8 Å². The Bertz CT molecular complexity index is 1600. The molecule has 1 N–H and O–H groups in total. The van der Waals surface area contributed by atoms with E-state index in [-0.39, 0.29) is 23.9 Å². The van der Waals surface area contributed by atoms with Crippen LogP contribution in [0.1, 0.15) is 56.6 Å². The molecule has 1 atom stereocenters. The highest BCUT2D eigenvalue weighted by molar-refractivity contribution is 7.92. The number of halogens is 5. The number of nitrogens with zero attached hydrogens (tertiary/aromatic N) is 2. The van der Waals surface area contributed by atoms with E-state index >= 15 is 0 Å². The van der Waals surface area contributed by atoms with Crippen LogP contribution in [0.5, 0.6) is 0 Å². The van der Waals surface area contributed by atoms with Gasteiger partial charge in [-0.3, -0.25) is 13.9 Å². The van der Waals surface area contributed by atoms with Gasteiger partial charge in [-0.15, -0.1) is 0 Å². The summed E-state index contributed by atoms with van der Waals surface area (Å²) in [6.07, 6.45) is -0.0648. The third kappa shape index (κ3) is 8.51. The van der Waals surface area contributed by atoms with Gasteiger partial charge in [0.25, 0.3) is 10.0 Å². The van der Waals surface area contributed by atoms with Crippen molar-refractivity contribution >= 4 is 50.7 Å². The molecule has 13 heteroatoms. The van der Waals surface area contributed by atoms with Crippen LogP contribution in [0.2, 0.25) is 10.0 Å². The summed E-state index contributed by atoms with van der Waals surface area (Å²) < 4.78 is 70.0. The van der Waals surface area contributed by atoms with E-state index in [9.17, 15) is 31.2 Å². The summed E-state index contributed by atoms with van der Waals surface area (Å²) in [5.41, 5.74) is -1.16. The molecule has 3 aromatic carbocycles. The Morgan fingerprint density at radius 3 is 2.20 bits per heavy atom. The molecule has 0 aromatic heterocycles. The van der Waals surface area contributed by atoms with Crippen LogP contribution in [0.15, 0.2) is 77.7 Å². The van der Waals surface area contributed by atoms with Crippen molar-refractivity contribution in [1.29, 1.82) is 0 Å². The van der Waals surface area contributed by atoms with Crippen molar-refractivity contribution in [3.05, 3.63) is 94.0 Å². The molecule has 2 amide bonds. The van der Waals surface area contributed by atoms with Crippen LogP contribution in [-0.4, -0.2) is 43.8 Å². The molecule has 1 aliphatic rings. The molecule has 242 valence electrons. The fourth-order valence-corrected chi connectivity index (χ4v) is 7.26. The maximum absolute atomic E-state index is 14.2. The maximum atomic E-state index is 14.2. The van der Waals surface area contributed by atoms with E-state index in [0.717, 1.165) is 44.2 Å². The highest BCUT2D eigenvalue weighted by Gasteiger charge is 2.37. The first-order valence-electron chi connectivity index (χ1n) is 14.6. The number of rotatable bonds is 11. The summed E-state index contributed by atoms with van der Waals surface area (Å²) in [4.78, 5) is 28.8. The van der Waals surface area contributed by atoms with E-state index in [1.807, 2.05) is 0 Å². The Hall–Kier alpha value is -3.28. The van der Waals surface area contributed by atoms with Gasteiger partial charge in [-0.05, 0) is 61.2 Å². The molecule has 0 heterocycles. The molecule has 1 fully saturated rings. The number of alkyl halides is 3. The number of sulfonamides is 1. The minimum absolute atomic E-state index is 0.0534. The smallest absolute Gasteiger partial charge is 0.352 e. The monoisotopic (exact) mass is 683 g/mol. The van der Waals surface area contributed by atoms with Crippen LogP contribution >= 0.6 is 23.2 Å². The zero-order valence-electron chi connectivity index (χ0n) is 24.6. The average Bonchev–Trinajstić information content (AvgIpc) is 3.01. The molecule has 1 saturated carbocycles. The Morgan fingerprint density at radius 1 is 0.933 bits per heavy atom. The Morgan fingerprint density at radius 2 is 1.58 bits per heavy atom. The third-order valence-electron chi connectivity index (χ3n) is 7.79. The number of hydrogen-bond acceptors (Lipinski definition) is 4. The Balaban J connectivity index is 1.77. The number of benzene rings is 3. The fraction of sp³-hybridized carbons (Fsp3) is 0.375. The molecule has 0 radical (unpaired) electrons. The van der Waals surface area contributed by atoms with Gasteiger partial charge in [-0.2, -0.15) is 13.2 Å². The van der Waals surface area contributed by atoms with Crippen LogP contribution < -0.4 is 9.62 Å². The summed E-state index contributed by atoms with van der Waals surface area (Å²) in [5.74, 6) is -1.20. The molecule has 1 aliphatic carbocycles. The van der Waals surface area contributed by atoms with Gasteiger partial charge in [0.05, 0.1) is 21.2 Å². The number of carbonyl (C=O) groups is 2. The lowest BCUT2D eigenvalue weighted by molar-refractivity contribution is -0.140. The summed E-state index contributed by atoms with van der Waals surface area (Å²) in [5, 5.41) is 2.75. The van der Waals surface area contributed by atoms with Gasteiger partial charge in [0, 0.05) is 17.6 Å². The van der Waals surface area contributed by atoms with Gasteiger partial charge in [-0.25, -0.2) is 8.42 Å². The molecule has 4 rings (SSSR count). The highest BCUT2D eigenvalue weighted by Crippen LogP contribution is 2.38. The van der Waals surface area contributed by atoms with Crippen molar-refractivity contribution in [1.82, 2.24) is 10.2 Å². The van der Waals surface area contributed by atoms with Gasteiger partial charge in [0.1, 0.15) is 12.6 Å². The van der Waals surface area contributed by atoms with Crippen molar-refractivity contribution in [3.8, 4) is 0 Å². The molecule has 3 aromatic rings. The van der Waals surface area contributed by atoms with E-state index in [1.165, 1.54) is 29.2 Å². The van der Waals surface area contributed by atoms with E-state index < -0.39 is 56.9 Å². The number of carbonyl (C=O) groups excluding carboxylic acids is 2. The van der Waals surface area contributed by atoms with Gasteiger partial charge in [0.15, 0.2) is 0 Å². The number of amides is 2. The quantitative estimate of drug-likeness (QED) is 0.227. The third-order valence-corrected chi connectivity index (χ3v) is 10.3. The topological polar surface area (TPSA) is 86.8 Å². The zero-order chi connectivity index (χ0) is 32.8. The number of nitrogens with one attached hydrogen (secondary N) is 1. The lowest BCUT2D eigenvalue weighted by Gasteiger charge is -2.34. The van der Waals surface area contributed by atoms with E-state index in [2.05, 4.69) is 5.32 Å². The number of hydrogen-bond donors (Lipinski definition) is 1. The lowest BCUT2D eigenvalue weighted by atomic mass is 9.95. The number of anilines is 1. The second kappa shape index (κ2) is 14.9. The highest BCUT2D eigenvalue weighted by atomic mass is 35.5. The molecule has 0 bridgehead atoms. The first-order valence-corrected chi connectivity index (χ1v) is 16.8. The largest absolute Gasteiger partial charge is 0.417 e. The van der Waals surface area contributed by atoms with Crippen molar-refractivity contribution in [3.63, 3.8) is 0 Å². The van der Waals surface area contributed by atoms with Crippen molar-refractivity contribution in [2.24, 2.45) is 0 Å². The summed E-state index contributed by atoms with van der Waals surface area (Å²) in [6, 6.07) is 15.4. The molecular formula is C32H34Cl2F3N3O4S. The SMILES string of the molecule is CCC(C(=O)NC1CCCCC1)N(Cc1ccccc1Cl)C(=O)CN(c1ccc(Cl)c(C(F)(F)F)c1)S(=O)(=O)c1ccccc1. The van der Waals surface area contributed by atoms with E-state index in [0.29, 0.717) is 21.0 Å². The van der Waals surface area contributed by atoms with Gasteiger partial charge >= 0.3 is 6.18 Å². The van der Waals surface area contributed by atoms with Crippen LogP contribution in [-0.2, 0) is 32.3 Å². The van der Waals surface area contributed by atoms with Crippen molar-refractivity contribution in [2.75, 3.05) is 10.8 Å². The molecule has 1 unspecified atom stereocenters. The first kappa shape index (κ1) is 34.6. The molecule has 0 saturated heterocycles. The summed E-state index contributed by atoms with van der Waals surface area (Å²) in [7, 11) is -4.57. The molecular weight excluding hydrogens is 650 g/mol. The molecule has 0 aliphatic heterocycles. The minimum atomic E-state index is -4.89. The molecule has 7 nitrogen and oxygen atoms in total. The van der Waals surface area contributed by atoms with Gasteiger partial charge < -0.3 is 10.2 Å². The predicted molar refractivity (Wildman–Crippen MR) is 169 cm³/mol. The normalized spacial score (nSPS) is 14.9. The molecule has 45 heavy (non-hydrogen) atoms. The predicted octanol–water partition coefficient (Wildman–Crippen LogP) is 7.46. The summed E-state index contributed by atoms with van der Waals surface area (Å²) in [6.45, 7) is 0.696. The van der Waals surface area contributed by atoms with Crippen molar-refractivity contribution < 1.29 is 31.2 Å². The van der Waals surface area contributed by atoms with Crippen LogP contribution in [0.4, 0.5) is 18.9 Å². The zero-order valence-corrected chi connectivity index (χ0v) is 26.9. The summed E-state index contributed by atoms with van der Waals surface area (Å²) >= 11 is 12.3.